The molecule has 12 aromatic carbocycles. The normalized spacial score (nSPS) is 11.3. The van der Waals surface area contributed by atoms with E-state index >= 15 is 0 Å². The van der Waals surface area contributed by atoms with Crippen LogP contribution in [0, 0.1) is 20.8 Å². The summed E-state index contributed by atoms with van der Waals surface area (Å²) in [4.78, 5) is 0. The fourth-order valence-electron chi connectivity index (χ4n) is 11.5. The second-order valence-electron chi connectivity index (χ2n) is 20.3. The molecule has 78 heavy (non-hydrogen) atoms. The van der Waals surface area contributed by atoms with Crippen molar-refractivity contribution in [2.45, 2.75) is 20.8 Å². The van der Waals surface area contributed by atoms with Gasteiger partial charge in [0.05, 0.1) is 33.1 Å². The predicted molar refractivity (Wildman–Crippen MR) is 333 cm³/mol. The molecule has 0 bridgehead atoms. The molecular formula is C75H57N3. The number of rotatable bonds is 6. The van der Waals surface area contributed by atoms with E-state index in [1.807, 2.05) is 0 Å². The first kappa shape index (κ1) is 47.7. The van der Waals surface area contributed by atoms with E-state index in [2.05, 4.69) is 326 Å². The Kier molecular flexibility index (Phi) is 12.6. The molecule has 372 valence electrons. The lowest BCUT2D eigenvalue weighted by Crippen LogP contribution is -1.93. The summed E-state index contributed by atoms with van der Waals surface area (Å²) in [5, 5.41) is 7.78. The third kappa shape index (κ3) is 8.91. The molecule has 0 saturated carbocycles. The Bertz CT molecular complexity index is 4450. The third-order valence-corrected chi connectivity index (χ3v) is 15.3. The summed E-state index contributed by atoms with van der Waals surface area (Å²) in [7, 11) is 0. The highest BCUT2D eigenvalue weighted by Gasteiger charge is 2.15. The van der Waals surface area contributed by atoms with Crippen molar-refractivity contribution in [2.24, 2.45) is 0 Å². The number of aryl methyl sites for hydroxylation is 3. The van der Waals surface area contributed by atoms with E-state index in [4.69, 9.17) is 0 Å². The molecule has 0 unspecified atom stereocenters. The van der Waals surface area contributed by atoms with Gasteiger partial charge in [-0.1, -0.05) is 230 Å². The summed E-state index contributed by atoms with van der Waals surface area (Å²) in [6.45, 7) is 6.42. The van der Waals surface area contributed by atoms with E-state index in [9.17, 15) is 0 Å². The van der Waals surface area contributed by atoms with Crippen molar-refractivity contribution >= 4 is 65.4 Å². The first-order valence-corrected chi connectivity index (χ1v) is 26.9. The van der Waals surface area contributed by atoms with E-state index in [0.29, 0.717) is 0 Å². The lowest BCUT2D eigenvalue weighted by molar-refractivity contribution is 1.18. The monoisotopic (exact) mass is 999 g/mol. The summed E-state index contributed by atoms with van der Waals surface area (Å²) in [5.74, 6) is 0. The van der Waals surface area contributed by atoms with Crippen LogP contribution in [0.5, 0.6) is 0 Å². The molecule has 0 spiro atoms. The predicted octanol–water partition coefficient (Wildman–Crippen LogP) is 20.3. The highest BCUT2D eigenvalue weighted by molar-refractivity contribution is 6.11. The average molecular weight is 1000 g/mol. The standard InChI is InChI=1S/3C25H19N/c1-18-7-6-8-20(17-18)19-13-15-21(16-14-19)26-24-11-4-2-9-22(24)23-10-3-5-12-25(23)26;1-18-10-12-19(13-11-18)20-14-16-21(17-15-20)26-24-8-4-2-6-22(24)23-7-3-5-9-25(23)26;1-18-8-2-3-9-21(18)19-14-16-20(17-15-19)26-24-12-6-4-10-22(24)23-11-5-7-13-25(23)26/h3*2-17H,1H3. The van der Waals surface area contributed by atoms with Gasteiger partial charge in [0.15, 0.2) is 0 Å². The molecule has 0 amide bonds. The van der Waals surface area contributed by atoms with Crippen LogP contribution in [-0.4, -0.2) is 13.7 Å². The highest BCUT2D eigenvalue weighted by Crippen LogP contribution is 2.36. The molecule has 3 heterocycles. The second-order valence-corrected chi connectivity index (χ2v) is 20.3. The molecule has 0 atom stereocenters. The quantitative estimate of drug-likeness (QED) is 0.158. The maximum Gasteiger partial charge on any atom is 0.0541 e. The molecule has 0 saturated heterocycles. The van der Waals surface area contributed by atoms with Gasteiger partial charge in [0.2, 0.25) is 0 Å². The van der Waals surface area contributed by atoms with E-state index < -0.39 is 0 Å². The number of para-hydroxylation sites is 6. The van der Waals surface area contributed by atoms with Gasteiger partial charge in [0.1, 0.15) is 0 Å². The van der Waals surface area contributed by atoms with Crippen LogP contribution in [-0.2, 0) is 0 Å². The van der Waals surface area contributed by atoms with Gasteiger partial charge in [-0.15, -0.1) is 0 Å². The van der Waals surface area contributed by atoms with Crippen LogP contribution in [0.4, 0.5) is 0 Å². The van der Waals surface area contributed by atoms with E-state index in [-0.39, 0.29) is 0 Å². The summed E-state index contributed by atoms with van der Waals surface area (Å²) >= 11 is 0. The van der Waals surface area contributed by atoms with Crippen LogP contribution >= 0.6 is 0 Å². The largest absolute Gasteiger partial charge is 0.309 e. The maximum atomic E-state index is 2.35. The summed E-state index contributed by atoms with van der Waals surface area (Å²) < 4.78 is 7.06. The average Bonchev–Trinajstić information content (AvgIpc) is 4.18. The van der Waals surface area contributed by atoms with Crippen molar-refractivity contribution in [2.75, 3.05) is 0 Å². The number of benzene rings is 12. The minimum absolute atomic E-state index is 1.19. The third-order valence-electron chi connectivity index (χ3n) is 15.3. The van der Waals surface area contributed by atoms with E-state index in [1.165, 1.54) is 133 Å². The van der Waals surface area contributed by atoms with Crippen LogP contribution in [0.25, 0.3) is 116 Å². The van der Waals surface area contributed by atoms with Gasteiger partial charge in [-0.2, -0.15) is 0 Å². The zero-order valence-electron chi connectivity index (χ0n) is 44.1. The van der Waals surface area contributed by atoms with Crippen LogP contribution in [0.1, 0.15) is 16.7 Å². The molecule has 0 aliphatic heterocycles. The van der Waals surface area contributed by atoms with Crippen molar-refractivity contribution in [3.05, 3.63) is 308 Å². The Balaban J connectivity index is 0.000000111. The first-order valence-electron chi connectivity index (χ1n) is 26.9. The number of fused-ring (bicyclic) bond motifs is 9. The molecule has 0 radical (unpaired) electrons. The van der Waals surface area contributed by atoms with Crippen molar-refractivity contribution in [1.29, 1.82) is 0 Å². The lowest BCUT2D eigenvalue weighted by Gasteiger charge is -2.10. The number of aromatic nitrogens is 3. The molecule has 15 rings (SSSR count). The van der Waals surface area contributed by atoms with Gasteiger partial charge in [-0.05, 0) is 133 Å². The molecule has 0 fully saturated rings. The SMILES string of the molecule is Cc1ccc(-c2ccc(-n3c4ccccc4c4ccccc43)cc2)cc1.Cc1cccc(-c2ccc(-n3c4ccccc4c4ccccc43)cc2)c1.Cc1ccccc1-c1ccc(-n2c3ccccc3c3ccccc32)cc1. The summed E-state index contributed by atoms with van der Waals surface area (Å²) in [6, 6.07) is 104. The Hall–Kier alpha value is -9.96. The maximum absolute atomic E-state index is 2.35. The van der Waals surface area contributed by atoms with Gasteiger partial charge >= 0.3 is 0 Å². The molecule has 3 heteroatoms. The van der Waals surface area contributed by atoms with Crippen molar-refractivity contribution in [3.8, 4) is 50.4 Å². The Morgan fingerprint density at radius 3 is 0.846 bits per heavy atom. The van der Waals surface area contributed by atoms with Crippen LogP contribution in [0.3, 0.4) is 0 Å². The fourth-order valence-corrected chi connectivity index (χ4v) is 11.5. The Labute approximate surface area is 455 Å². The van der Waals surface area contributed by atoms with Crippen molar-refractivity contribution < 1.29 is 0 Å². The zero-order valence-corrected chi connectivity index (χ0v) is 44.1. The minimum atomic E-state index is 1.19. The smallest absolute Gasteiger partial charge is 0.0541 e. The van der Waals surface area contributed by atoms with E-state index in [0.717, 1.165) is 0 Å². The van der Waals surface area contributed by atoms with Crippen molar-refractivity contribution in [1.82, 2.24) is 13.7 Å². The number of nitrogens with zero attached hydrogens (tertiary/aromatic N) is 3. The molecule has 15 aromatic rings. The molecule has 0 aliphatic carbocycles. The number of hydrogen-bond donors (Lipinski definition) is 0. The van der Waals surface area contributed by atoms with E-state index in [1.54, 1.807) is 0 Å². The highest BCUT2D eigenvalue weighted by atomic mass is 15.0. The van der Waals surface area contributed by atoms with Gasteiger partial charge in [-0.3, -0.25) is 0 Å². The first-order chi connectivity index (χ1) is 38.4. The summed E-state index contributed by atoms with van der Waals surface area (Å²) in [6.07, 6.45) is 0. The van der Waals surface area contributed by atoms with Gasteiger partial charge in [0.25, 0.3) is 0 Å². The van der Waals surface area contributed by atoms with Gasteiger partial charge < -0.3 is 13.7 Å². The minimum Gasteiger partial charge on any atom is -0.309 e. The molecule has 0 aliphatic rings. The molecule has 3 aromatic heterocycles. The topological polar surface area (TPSA) is 14.8 Å². The van der Waals surface area contributed by atoms with Crippen molar-refractivity contribution in [3.63, 3.8) is 0 Å². The van der Waals surface area contributed by atoms with Crippen LogP contribution in [0.15, 0.2) is 291 Å². The van der Waals surface area contributed by atoms with Crippen LogP contribution in [0.2, 0.25) is 0 Å². The second kappa shape index (κ2) is 20.6. The zero-order chi connectivity index (χ0) is 52.5. The molecule has 3 nitrogen and oxygen atoms in total. The molecule has 0 N–H and O–H groups in total. The Morgan fingerprint density at radius 1 is 0.205 bits per heavy atom. The lowest BCUT2D eigenvalue weighted by atomic mass is 10.0. The Morgan fingerprint density at radius 2 is 0.500 bits per heavy atom. The fraction of sp³-hybridized carbons (Fsp3) is 0.0400. The molecular weight excluding hydrogens is 943 g/mol. The summed E-state index contributed by atoms with van der Waals surface area (Å²) in [5.41, 5.74) is 22.5. The van der Waals surface area contributed by atoms with Gasteiger partial charge in [0, 0.05) is 49.4 Å². The van der Waals surface area contributed by atoms with Gasteiger partial charge in [-0.25, -0.2) is 0 Å². The van der Waals surface area contributed by atoms with Crippen LogP contribution < -0.4 is 0 Å². The number of hydrogen-bond acceptors (Lipinski definition) is 0.